The number of hydrogen-bond donors (Lipinski definition) is 0. The highest BCUT2D eigenvalue weighted by Gasteiger charge is 2.25. The number of benzene rings is 1. The van der Waals surface area contributed by atoms with Gasteiger partial charge in [-0.2, -0.15) is 0 Å². The van der Waals surface area contributed by atoms with Gasteiger partial charge in [-0.1, -0.05) is 18.2 Å². The molecule has 0 spiro atoms. The van der Waals surface area contributed by atoms with Crippen molar-refractivity contribution in [1.82, 2.24) is 4.90 Å². The Morgan fingerprint density at radius 3 is 2.62 bits per heavy atom. The lowest BCUT2D eigenvalue weighted by atomic mass is 10.0. The highest BCUT2D eigenvalue weighted by Crippen LogP contribution is 2.19. The first-order valence-corrected chi connectivity index (χ1v) is 10.2. The van der Waals surface area contributed by atoms with Crippen LogP contribution in [0, 0.1) is 0 Å². The largest absolute Gasteiger partial charge is 0.497 e. The summed E-state index contributed by atoms with van der Waals surface area (Å²) in [5.74, 6) is 1.10. The minimum atomic E-state index is 0.254. The van der Waals surface area contributed by atoms with Gasteiger partial charge in [0, 0.05) is 37.1 Å². The van der Waals surface area contributed by atoms with E-state index in [1.165, 1.54) is 10.4 Å². The Morgan fingerprint density at radius 2 is 1.96 bits per heavy atom. The van der Waals surface area contributed by atoms with E-state index < -0.39 is 0 Å². The molecule has 1 amide bonds. The van der Waals surface area contributed by atoms with Gasteiger partial charge in [0.05, 0.1) is 7.11 Å². The summed E-state index contributed by atoms with van der Waals surface area (Å²) in [5.41, 5.74) is 1.17. The highest BCUT2D eigenvalue weighted by atomic mass is 32.1. The third kappa shape index (κ3) is 5.32. The number of carbonyl (C=O) groups is 1. The molecule has 5 heteroatoms. The molecule has 1 fully saturated rings. The van der Waals surface area contributed by atoms with Crippen molar-refractivity contribution in [3.63, 3.8) is 0 Å². The summed E-state index contributed by atoms with van der Waals surface area (Å²) in [7, 11) is 1.66. The molecule has 1 aliphatic heterocycles. The first-order valence-electron chi connectivity index (χ1n) is 9.29. The van der Waals surface area contributed by atoms with Crippen LogP contribution in [0.5, 0.6) is 5.75 Å². The molecule has 0 atom stereocenters. The van der Waals surface area contributed by atoms with Crippen molar-refractivity contribution < 1.29 is 14.3 Å². The third-order valence-electron chi connectivity index (χ3n) is 4.92. The van der Waals surface area contributed by atoms with Gasteiger partial charge in [0.1, 0.15) is 5.75 Å². The van der Waals surface area contributed by atoms with Gasteiger partial charge in [0.15, 0.2) is 0 Å². The van der Waals surface area contributed by atoms with Crippen molar-refractivity contribution in [1.29, 1.82) is 0 Å². The van der Waals surface area contributed by atoms with E-state index in [9.17, 15) is 4.79 Å². The van der Waals surface area contributed by atoms with E-state index >= 15 is 0 Å². The Balaban J connectivity index is 1.58. The fraction of sp³-hybridized carbons (Fsp3) is 0.476. The predicted octanol–water partition coefficient (Wildman–Crippen LogP) is 3.94. The van der Waals surface area contributed by atoms with Gasteiger partial charge >= 0.3 is 0 Å². The van der Waals surface area contributed by atoms with Crippen LogP contribution in [0.1, 0.15) is 29.7 Å². The van der Waals surface area contributed by atoms with Gasteiger partial charge in [0.25, 0.3) is 0 Å². The number of hydrogen-bond acceptors (Lipinski definition) is 4. The van der Waals surface area contributed by atoms with Crippen molar-refractivity contribution in [2.24, 2.45) is 0 Å². The zero-order valence-corrected chi connectivity index (χ0v) is 16.2. The van der Waals surface area contributed by atoms with Crippen molar-refractivity contribution in [2.75, 3.05) is 26.9 Å². The van der Waals surface area contributed by atoms with Crippen molar-refractivity contribution in [2.45, 2.75) is 38.1 Å². The molecule has 0 saturated carbocycles. The fourth-order valence-corrected chi connectivity index (χ4v) is 4.08. The molecular weight excluding hydrogens is 346 g/mol. The molecule has 0 bridgehead atoms. The Kier molecular flexibility index (Phi) is 7.09. The average molecular weight is 374 g/mol. The topological polar surface area (TPSA) is 38.8 Å². The van der Waals surface area contributed by atoms with Crippen LogP contribution in [0.4, 0.5) is 0 Å². The molecular formula is C21H27NO3S. The van der Waals surface area contributed by atoms with Crippen LogP contribution in [0.2, 0.25) is 0 Å². The van der Waals surface area contributed by atoms with Crippen LogP contribution in [0.25, 0.3) is 0 Å². The first kappa shape index (κ1) is 18.9. The van der Waals surface area contributed by atoms with Crippen LogP contribution in [-0.2, 0) is 22.4 Å². The summed E-state index contributed by atoms with van der Waals surface area (Å²) in [6, 6.07) is 12.5. The molecule has 2 heterocycles. The smallest absolute Gasteiger partial charge is 0.223 e. The zero-order chi connectivity index (χ0) is 18.2. The van der Waals surface area contributed by atoms with Gasteiger partial charge < -0.3 is 14.4 Å². The first-order chi connectivity index (χ1) is 12.8. The van der Waals surface area contributed by atoms with E-state index in [1.807, 2.05) is 24.3 Å². The summed E-state index contributed by atoms with van der Waals surface area (Å²) in [6.45, 7) is 2.31. The standard InChI is InChI=1S/C21H27NO3S/c1-24-19-7-4-17(5-8-19)6-9-21(23)22(18-11-14-25-15-12-18)13-10-20-3-2-16-26-20/h2-5,7-8,16,18H,6,9-15H2,1H3. The SMILES string of the molecule is COc1ccc(CCC(=O)N(CCc2cccs2)C2CCOCC2)cc1. The predicted molar refractivity (Wildman–Crippen MR) is 105 cm³/mol. The molecule has 0 unspecified atom stereocenters. The van der Waals surface area contributed by atoms with Crippen molar-refractivity contribution in [3.05, 3.63) is 52.2 Å². The van der Waals surface area contributed by atoms with Crippen LogP contribution >= 0.6 is 11.3 Å². The molecule has 0 aliphatic carbocycles. The minimum absolute atomic E-state index is 0.254. The normalized spacial score (nSPS) is 15.0. The molecule has 3 rings (SSSR count). The van der Waals surface area contributed by atoms with Gasteiger partial charge in [-0.3, -0.25) is 4.79 Å². The van der Waals surface area contributed by atoms with Crippen LogP contribution < -0.4 is 4.74 Å². The number of nitrogens with zero attached hydrogens (tertiary/aromatic N) is 1. The monoisotopic (exact) mass is 373 g/mol. The summed E-state index contributed by atoms with van der Waals surface area (Å²) in [6.07, 6.45) is 4.14. The Labute approximate surface area is 159 Å². The number of ether oxygens (including phenoxy) is 2. The maximum absolute atomic E-state index is 13.0. The molecule has 0 radical (unpaired) electrons. The van der Waals surface area contributed by atoms with Gasteiger partial charge in [-0.15, -0.1) is 11.3 Å². The number of thiophene rings is 1. The van der Waals surface area contributed by atoms with E-state index in [4.69, 9.17) is 9.47 Å². The van der Waals surface area contributed by atoms with E-state index in [-0.39, 0.29) is 5.91 Å². The molecule has 26 heavy (non-hydrogen) atoms. The zero-order valence-electron chi connectivity index (χ0n) is 15.4. The van der Waals surface area contributed by atoms with Crippen LogP contribution in [0.3, 0.4) is 0 Å². The molecule has 1 aliphatic rings. The second-order valence-corrected chi connectivity index (χ2v) is 7.64. The van der Waals surface area contributed by atoms with Crippen molar-refractivity contribution in [3.8, 4) is 5.75 Å². The molecule has 0 N–H and O–H groups in total. The number of amides is 1. The molecule has 4 nitrogen and oxygen atoms in total. The summed E-state index contributed by atoms with van der Waals surface area (Å²) < 4.78 is 10.7. The van der Waals surface area contributed by atoms with Crippen molar-refractivity contribution >= 4 is 17.2 Å². The van der Waals surface area contributed by atoms with E-state index in [0.717, 1.165) is 51.2 Å². The lowest BCUT2D eigenvalue weighted by Gasteiger charge is -2.34. The Morgan fingerprint density at radius 1 is 1.19 bits per heavy atom. The second kappa shape index (κ2) is 9.74. The Bertz CT molecular complexity index is 663. The lowest BCUT2D eigenvalue weighted by Crippen LogP contribution is -2.44. The van der Waals surface area contributed by atoms with Crippen LogP contribution in [-0.4, -0.2) is 43.7 Å². The molecule has 1 aromatic heterocycles. The summed E-state index contributed by atoms with van der Waals surface area (Å²) in [4.78, 5) is 16.4. The lowest BCUT2D eigenvalue weighted by molar-refractivity contribution is -0.135. The van der Waals surface area contributed by atoms with E-state index in [2.05, 4.69) is 22.4 Å². The number of aryl methyl sites for hydroxylation is 1. The minimum Gasteiger partial charge on any atom is -0.497 e. The second-order valence-electron chi connectivity index (χ2n) is 6.61. The van der Waals surface area contributed by atoms with E-state index in [1.54, 1.807) is 18.4 Å². The molecule has 1 saturated heterocycles. The van der Waals surface area contributed by atoms with Crippen LogP contribution in [0.15, 0.2) is 41.8 Å². The third-order valence-corrected chi connectivity index (χ3v) is 5.85. The number of carbonyl (C=O) groups excluding carboxylic acids is 1. The van der Waals surface area contributed by atoms with Gasteiger partial charge in [-0.25, -0.2) is 0 Å². The quantitative estimate of drug-likeness (QED) is 0.703. The van der Waals surface area contributed by atoms with Gasteiger partial charge in [0.2, 0.25) is 5.91 Å². The van der Waals surface area contributed by atoms with Gasteiger partial charge in [-0.05, 0) is 54.8 Å². The summed E-state index contributed by atoms with van der Waals surface area (Å²) in [5, 5.41) is 2.10. The fourth-order valence-electron chi connectivity index (χ4n) is 3.38. The summed E-state index contributed by atoms with van der Waals surface area (Å²) >= 11 is 1.76. The highest BCUT2D eigenvalue weighted by molar-refractivity contribution is 7.09. The van der Waals surface area contributed by atoms with E-state index in [0.29, 0.717) is 12.5 Å². The number of methoxy groups -OCH3 is 1. The molecule has 2 aromatic rings. The maximum Gasteiger partial charge on any atom is 0.223 e. The maximum atomic E-state index is 13.0. The Hall–Kier alpha value is -1.85. The average Bonchev–Trinajstić information content (AvgIpc) is 3.21. The molecule has 1 aromatic carbocycles. The number of rotatable bonds is 8. The molecule has 140 valence electrons.